The lowest BCUT2D eigenvalue weighted by atomic mass is 10.1. The molecule has 0 aliphatic carbocycles. The van der Waals surface area contributed by atoms with Gasteiger partial charge in [-0.05, 0) is 37.3 Å². The number of carbonyl (C=O) groups excluding carboxylic acids is 2. The number of esters is 1. The molecule has 1 N–H and O–H groups in total. The van der Waals surface area contributed by atoms with Crippen molar-refractivity contribution in [1.29, 1.82) is 0 Å². The highest BCUT2D eigenvalue weighted by Gasteiger charge is 2.24. The summed E-state index contributed by atoms with van der Waals surface area (Å²) in [5.74, 6) is -1.32. The molecular weight excluding hydrogens is 477 g/mol. The summed E-state index contributed by atoms with van der Waals surface area (Å²) < 4.78 is 30.5. The van der Waals surface area contributed by atoms with E-state index in [4.69, 9.17) is 14.2 Å². The van der Waals surface area contributed by atoms with Gasteiger partial charge in [0, 0.05) is 10.8 Å². The second-order valence-corrected chi connectivity index (χ2v) is 7.99. The lowest BCUT2D eigenvalue weighted by molar-refractivity contribution is 0.0520. The van der Waals surface area contributed by atoms with E-state index >= 15 is 0 Å². The van der Waals surface area contributed by atoms with Gasteiger partial charge >= 0.3 is 5.97 Å². The maximum absolute atomic E-state index is 13.9. The second kappa shape index (κ2) is 9.94. The van der Waals surface area contributed by atoms with Crippen molar-refractivity contribution in [3.8, 4) is 17.2 Å². The number of carbonyl (C=O) groups is 2. The first-order chi connectivity index (χ1) is 16.9. The normalized spacial score (nSPS) is 10.7. The summed E-state index contributed by atoms with van der Waals surface area (Å²) in [5.41, 5.74) is -0.492. The monoisotopic (exact) mass is 497 g/mol. The molecule has 0 aliphatic rings. The fraction of sp³-hybridized carbons (Fsp3) is 0.167. The van der Waals surface area contributed by atoms with Crippen LogP contribution in [0.3, 0.4) is 0 Å². The molecule has 1 amide bonds. The van der Waals surface area contributed by atoms with Crippen LogP contribution in [-0.4, -0.2) is 42.5 Å². The molecule has 2 heterocycles. The molecule has 0 spiro atoms. The van der Waals surface area contributed by atoms with Crippen molar-refractivity contribution in [1.82, 2.24) is 9.78 Å². The molecule has 35 heavy (non-hydrogen) atoms. The van der Waals surface area contributed by atoms with Crippen LogP contribution in [0, 0.1) is 5.82 Å². The Morgan fingerprint density at radius 2 is 1.91 bits per heavy atom. The van der Waals surface area contributed by atoms with Gasteiger partial charge in [-0.1, -0.05) is 12.1 Å². The van der Waals surface area contributed by atoms with E-state index in [-0.39, 0.29) is 45.1 Å². The van der Waals surface area contributed by atoms with E-state index in [1.54, 1.807) is 25.1 Å². The van der Waals surface area contributed by atoms with Gasteiger partial charge in [0.2, 0.25) is 0 Å². The van der Waals surface area contributed by atoms with Crippen LogP contribution in [-0.2, 0) is 4.74 Å². The quantitative estimate of drug-likeness (QED) is 0.384. The molecule has 0 unspecified atom stereocenters. The summed E-state index contributed by atoms with van der Waals surface area (Å²) in [5, 5.41) is 8.82. The third kappa shape index (κ3) is 4.45. The summed E-state index contributed by atoms with van der Waals surface area (Å²) in [7, 11) is 2.86. The summed E-state index contributed by atoms with van der Waals surface area (Å²) >= 11 is 1.04. The summed E-state index contributed by atoms with van der Waals surface area (Å²) in [6.07, 6.45) is 0. The van der Waals surface area contributed by atoms with E-state index in [0.29, 0.717) is 5.75 Å². The van der Waals surface area contributed by atoms with Crippen molar-refractivity contribution < 1.29 is 28.2 Å². The maximum Gasteiger partial charge on any atom is 0.359 e. The maximum atomic E-state index is 13.9. The Labute approximate surface area is 202 Å². The van der Waals surface area contributed by atoms with E-state index < -0.39 is 23.3 Å². The van der Waals surface area contributed by atoms with Gasteiger partial charge in [0.15, 0.2) is 17.2 Å². The van der Waals surface area contributed by atoms with Gasteiger partial charge in [-0.15, -0.1) is 11.3 Å². The predicted octanol–water partition coefficient (Wildman–Crippen LogP) is 4.03. The average Bonchev–Trinajstić information content (AvgIpc) is 3.27. The zero-order valence-electron chi connectivity index (χ0n) is 19.0. The van der Waals surface area contributed by atoms with Crippen LogP contribution < -0.4 is 20.3 Å². The van der Waals surface area contributed by atoms with Crippen molar-refractivity contribution in [2.45, 2.75) is 6.92 Å². The van der Waals surface area contributed by atoms with Crippen LogP contribution in [0.5, 0.6) is 11.5 Å². The lowest BCUT2D eigenvalue weighted by Gasteiger charge is -2.12. The fourth-order valence-corrected chi connectivity index (χ4v) is 4.44. The molecule has 180 valence electrons. The third-order valence-electron chi connectivity index (χ3n) is 5.05. The molecule has 0 fully saturated rings. The molecule has 4 rings (SSSR count). The van der Waals surface area contributed by atoms with Crippen molar-refractivity contribution in [3.05, 3.63) is 75.3 Å². The number of methoxy groups -OCH3 is 2. The highest BCUT2D eigenvalue weighted by atomic mass is 32.1. The standard InChI is InChI=1S/C24H20FN3O6S/c1-4-34-24(31)19-16-12-35-22(26-21(29)15-9-6-10-17(32-2)20(15)33-3)18(16)23(30)28(27-19)14-8-5-7-13(25)11-14/h5-12H,4H2,1-3H3,(H,26,29). The van der Waals surface area contributed by atoms with Gasteiger partial charge in [0.05, 0.1) is 37.5 Å². The van der Waals surface area contributed by atoms with Crippen LogP contribution in [0.15, 0.2) is 52.6 Å². The van der Waals surface area contributed by atoms with Gasteiger partial charge in [0.25, 0.3) is 11.5 Å². The Hall–Kier alpha value is -4.25. The van der Waals surface area contributed by atoms with Gasteiger partial charge in [-0.2, -0.15) is 9.78 Å². The first-order valence-corrected chi connectivity index (χ1v) is 11.3. The van der Waals surface area contributed by atoms with E-state index in [0.717, 1.165) is 22.1 Å². The summed E-state index contributed by atoms with van der Waals surface area (Å²) in [6.45, 7) is 1.73. The molecule has 0 saturated heterocycles. The number of nitrogens with zero attached hydrogens (tertiary/aromatic N) is 2. The number of aromatic nitrogens is 2. The molecule has 0 saturated carbocycles. The van der Waals surface area contributed by atoms with Gasteiger partial charge in [-0.25, -0.2) is 9.18 Å². The molecule has 9 nitrogen and oxygen atoms in total. The average molecular weight is 498 g/mol. The highest BCUT2D eigenvalue weighted by molar-refractivity contribution is 7.16. The van der Waals surface area contributed by atoms with Gasteiger partial charge < -0.3 is 19.5 Å². The number of hydrogen-bond donors (Lipinski definition) is 1. The zero-order valence-corrected chi connectivity index (χ0v) is 19.8. The Morgan fingerprint density at radius 3 is 2.60 bits per heavy atom. The zero-order chi connectivity index (χ0) is 25.1. The van der Waals surface area contributed by atoms with E-state index in [2.05, 4.69) is 10.4 Å². The lowest BCUT2D eigenvalue weighted by Crippen LogP contribution is -2.25. The smallest absolute Gasteiger partial charge is 0.359 e. The summed E-state index contributed by atoms with van der Waals surface area (Å²) in [4.78, 5) is 39.2. The van der Waals surface area contributed by atoms with E-state index in [9.17, 15) is 18.8 Å². The number of benzene rings is 2. The number of nitrogens with one attached hydrogen (secondary N) is 1. The topological polar surface area (TPSA) is 109 Å². The van der Waals surface area contributed by atoms with Crippen molar-refractivity contribution in [2.75, 3.05) is 26.1 Å². The Morgan fingerprint density at radius 1 is 1.14 bits per heavy atom. The molecular formula is C24H20FN3O6S. The minimum absolute atomic E-state index is 0.0347. The number of anilines is 1. The van der Waals surface area contributed by atoms with E-state index in [1.807, 2.05) is 0 Å². The first kappa shape index (κ1) is 23.9. The SMILES string of the molecule is CCOC(=O)c1nn(-c2cccc(F)c2)c(=O)c2c(NC(=O)c3cccc(OC)c3OC)scc12. The predicted molar refractivity (Wildman–Crippen MR) is 129 cm³/mol. The number of fused-ring (bicyclic) bond motifs is 1. The molecule has 0 atom stereocenters. The summed E-state index contributed by atoms with van der Waals surface area (Å²) in [6, 6.07) is 10.0. The number of rotatable bonds is 7. The molecule has 2 aromatic heterocycles. The molecule has 0 bridgehead atoms. The Bertz CT molecular complexity index is 1500. The molecule has 0 aliphatic heterocycles. The number of amides is 1. The number of thiophene rings is 1. The van der Waals surface area contributed by atoms with Crippen molar-refractivity contribution >= 4 is 39.0 Å². The van der Waals surface area contributed by atoms with Gasteiger partial charge in [0.1, 0.15) is 10.8 Å². The van der Waals surface area contributed by atoms with Crippen LogP contribution in [0.4, 0.5) is 9.39 Å². The number of para-hydroxylation sites is 1. The Kier molecular flexibility index (Phi) is 6.78. The molecule has 11 heteroatoms. The molecule has 2 aromatic carbocycles. The minimum Gasteiger partial charge on any atom is -0.493 e. The van der Waals surface area contributed by atoms with Crippen LogP contribution >= 0.6 is 11.3 Å². The first-order valence-electron chi connectivity index (χ1n) is 10.4. The van der Waals surface area contributed by atoms with Gasteiger partial charge in [-0.3, -0.25) is 9.59 Å². The third-order valence-corrected chi connectivity index (χ3v) is 5.94. The molecule has 0 radical (unpaired) electrons. The minimum atomic E-state index is -0.757. The Balaban J connectivity index is 1.88. The van der Waals surface area contributed by atoms with Crippen LogP contribution in [0.25, 0.3) is 16.5 Å². The highest BCUT2D eigenvalue weighted by Crippen LogP contribution is 2.34. The number of hydrogen-bond acceptors (Lipinski definition) is 8. The number of ether oxygens (including phenoxy) is 3. The van der Waals surface area contributed by atoms with E-state index in [1.165, 1.54) is 37.8 Å². The van der Waals surface area contributed by atoms with Crippen molar-refractivity contribution in [3.63, 3.8) is 0 Å². The van der Waals surface area contributed by atoms with Crippen LogP contribution in [0.2, 0.25) is 0 Å². The largest absolute Gasteiger partial charge is 0.493 e. The van der Waals surface area contributed by atoms with Crippen LogP contribution in [0.1, 0.15) is 27.8 Å². The molecule has 4 aromatic rings. The van der Waals surface area contributed by atoms with Crippen molar-refractivity contribution in [2.24, 2.45) is 0 Å². The second-order valence-electron chi connectivity index (χ2n) is 7.11. The number of halogens is 1. The fourth-order valence-electron chi connectivity index (χ4n) is 3.51.